The lowest BCUT2D eigenvalue weighted by atomic mass is 10.5. The second kappa shape index (κ2) is 2.65. The minimum atomic E-state index is 0.458. The lowest BCUT2D eigenvalue weighted by Gasteiger charge is -2.02. The Kier molecular flexibility index (Phi) is 1.61. The number of nitrogens with zero attached hydrogens (tertiary/aromatic N) is 5. The molecule has 2 aromatic rings. The molecule has 0 aromatic carbocycles. The highest BCUT2D eigenvalue weighted by Crippen LogP contribution is 2.13. The third kappa shape index (κ3) is 1.10. The van der Waals surface area contributed by atoms with E-state index in [1.807, 2.05) is 6.92 Å². The normalized spacial score (nSPS) is 10.7. The molecule has 0 saturated carbocycles. The van der Waals surface area contributed by atoms with Crippen molar-refractivity contribution >= 4 is 5.78 Å². The molecule has 13 heavy (non-hydrogen) atoms. The van der Waals surface area contributed by atoms with Gasteiger partial charge in [0.15, 0.2) is 5.82 Å². The van der Waals surface area contributed by atoms with E-state index in [1.165, 1.54) is 4.52 Å². The highest BCUT2D eigenvalue weighted by molar-refractivity contribution is 5.31. The zero-order chi connectivity index (χ0) is 9.42. The van der Waals surface area contributed by atoms with Crippen LogP contribution in [0.4, 0.5) is 0 Å². The molecule has 6 nitrogen and oxygen atoms in total. The summed E-state index contributed by atoms with van der Waals surface area (Å²) in [4.78, 5) is 4.06. The average molecular weight is 179 g/mol. The maximum atomic E-state index is 5.13. The molecule has 2 aromatic heterocycles. The van der Waals surface area contributed by atoms with Crippen LogP contribution >= 0.6 is 0 Å². The first-order chi connectivity index (χ1) is 6.22. The number of rotatable bonds is 1. The van der Waals surface area contributed by atoms with Crippen molar-refractivity contribution in [1.29, 1.82) is 0 Å². The minimum Gasteiger partial charge on any atom is -0.480 e. The summed E-state index contributed by atoms with van der Waals surface area (Å²) in [6, 6.07) is 0. The maximum absolute atomic E-state index is 5.13. The number of methoxy groups -OCH3 is 1. The molecule has 68 valence electrons. The number of hydrogen-bond donors (Lipinski definition) is 0. The van der Waals surface area contributed by atoms with E-state index in [0.29, 0.717) is 23.2 Å². The summed E-state index contributed by atoms with van der Waals surface area (Å²) in [5, 5.41) is 11.9. The van der Waals surface area contributed by atoms with Gasteiger partial charge in [0.1, 0.15) is 5.69 Å². The summed E-state index contributed by atoms with van der Waals surface area (Å²) in [6.07, 6.45) is 0. The van der Waals surface area contributed by atoms with Gasteiger partial charge in [0, 0.05) is 0 Å². The minimum absolute atomic E-state index is 0.458. The van der Waals surface area contributed by atoms with Crippen molar-refractivity contribution in [3.05, 3.63) is 11.5 Å². The standard InChI is InChI=1S/C7H9N5O/c1-4-6(13-3)12-7(10-9-4)8-5(2)11-12/h1-3H3. The van der Waals surface area contributed by atoms with E-state index in [-0.39, 0.29) is 0 Å². The molecule has 0 aliphatic carbocycles. The van der Waals surface area contributed by atoms with Crippen LogP contribution in [-0.4, -0.2) is 31.9 Å². The van der Waals surface area contributed by atoms with Crippen LogP contribution in [0.15, 0.2) is 0 Å². The van der Waals surface area contributed by atoms with E-state index in [4.69, 9.17) is 4.74 Å². The van der Waals surface area contributed by atoms with Crippen molar-refractivity contribution < 1.29 is 4.74 Å². The van der Waals surface area contributed by atoms with E-state index in [0.717, 1.165) is 0 Å². The van der Waals surface area contributed by atoms with Crippen LogP contribution in [0, 0.1) is 13.8 Å². The molecule has 0 radical (unpaired) electrons. The summed E-state index contributed by atoms with van der Waals surface area (Å²) in [7, 11) is 1.57. The molecule has 0 bridgehead atoms. The Bertz CT molecular complexity index is 449. The second-order valence-electron chi connectivity index (χ2n) is 2.67. The molecular formula is C7H9N5O. The highest BCUT2D eigenvalue weighted by atomic mass is 16.5. The summed E-state index contributed by atoms with van der Waals surface area (Å²) in [5.74, 6) is 1.68. The van der Waals surface area contributed by atoms with Crippen molar-refractivity contribution in [2.24, 2.45) is 0 Å². The van der Waals surface area contributed by atoms with Crippen molar-refractivity contribution in [1.82, 2.24) is 24.8 Å². The molecule has 2 rings (SSSR count). The van der Waals surface area contributed by atoms with E-state index >= 15 is 0 Å². The molecule has 0 fully saturated rings. The number of fused-ring (bicyclic) bond motifs is 1. The lowest BCUT2D eigenvalue weighted by Crippen LogP contribution is -2.03. The third-order valence-electron chi connectivity index (χ3n) is 1.68. The van der Waals surface area contributed by atoms with Crippen molar-refractivity contribution in [3.8, 4) is 5.88 Å². The molecule has 0 aliphatic heterocycles. The Hall–Kier alpha value is -1.72. The smallest absolute Gasteiger partial charge is 0.275 e. The average Bonchev–Trinajstić information content (AvgIpc) is 2.45. The molecule has 0 spiro atoms. The largest absolute Gasteiger partial charge is 0.480 e. The molecule has 0 unspecified atom stereocenters. The second-order valence-corrected chi connectivity index (χ2v) is 2.67. The summed E-state index contributed by atoms with van der Waals surface area (Å²) in [5.41, 5.74) is 0.694. The molecular weight excluding hydrogens is 170 g/mol. The Labute approximate surface area is 74.6 Å². The zero-order valence-electron chi connectivity index (χ0n) is 7.64. The first-order valence-corrected chi connectivity index (χ1v) is 3.83. The van der Waals surface area contributed by atoms with Gasteiger partial charge < -0.3 is 4.74 Å². The Morgan fingerprint density at radius 2 is 2.00 bits per heavy atom. The van der Waals surface area contributed by atoms with Gasteiger partial charge in [-0.1, -0.05) is 0 Å². The SMILES string of the molecule is COc1c(C)nnc2nc(C)nn12. The Morgan fingerprint density at radius 1 is 1.23 bits per heavy atom. The zero-order valence-corrected chi connectivity index (χ0v) is 7.64. The lowest BCUT2D eigenvalue weighted by molar-refractivity contribution is 0.377. The van der Waals surface area contributed by atoms with Crippen molar-refractivity contribution in [2.75, 3.05) is 7.11 Å². The predicted molar refractivity (Wildman–Crippen MR) is 44.6 cm³/mol. The van der Waals surface area contributed by atoms with Crippen LogP contribution in [-0.2, 0) is 0 Å². The number of ether oxygens (including phenoxy) is 1. The van der Waals surface area contributed by atoms with E-state index in [1.54, 1.807) is 14.0 Å². The van der Waals surface area contributed by atoms with Crippen molar-refractivity contribution in [3.63, 3.8) is 0 Å². The van der Waals surface area contributed by atoms with Gasteiger partial charge in [0.05, 0.1) is 7.11 Å². The van der Waals surface area contributed by atoms with Crippen LogP contribution in [0.5, 0.6) is 5.88 Å². The van der Waals surface area contributed by atoms with Crippen LogP contribution in [0.2, 0.25) is 0 Å². The number of aryl methyl sites for hydroxylation is 2. The van der Waals surface area contributed by atoms with Crippen LogP contribution in [0.1, 0.15) is 11.5 Å². The van der Waals surface area contributed by atoms with Gasteiger partial charge in [0.25, 0.3) is 5.78 Å². The molecule has 0 saturated heterocycles. The van der Waals surface area contributed by atoms with Crippen LogP contribution in [0.3, 0.4) is 0 Å². The molecule has 2 heterocycles. The first-order valence-electron chi connectivity index (χ1n) is 3.83. The molecule has 0 aliphatic rings. The van der Waals surface area contributed by atoms with Gasteiger partial charge in [0.2, 0.25) is 5.88 Å². The topological polar surface area (TPSA) is 65.2 Å². The highest BCUT2D eigenvalue weighted by Gasteiger charge is 2.09. The molecule has 0 atom stereocenters. The van der Waals surface area contributed by atoms with Gasteiger partial charge in [-0.05, 0) is 13.8 Å². The summed E-state index contributed by atoms with van der Waals surface area (Å²) < 4.78 is 6.67. The van der Waals surface area contributed by atoms with Crippen LogP contribution < -0.4 is 4.74 Å². The maximum Gasteiger partial charge on any atom is 0.275 e. The fraction of sp³-hybridized carbons (Fsp3) is 0.429. The van der Waals surface area contributed by atoms with Gasteiger partial charge in [-0.2, -0.15) is 9.50 Å². The van der Waals surface area contributed by atoms with Crippen LogP contribution in [0.25, 0.3) is 5.78 Å². The number of aromatic nitrogens is 5. The fourth-order valence-electron chi connectivity index (χ4n) is 1.15. The molecule has 6 heteroatoms. The predicted octanol–water partition coefficient (Wildman–Crippen LogP) is 0.145. The van der Waals surface area contributed by atoms with Gasteiger partial charge in [-0.3, -0.25) is 0 Å². The quantitative estimate of drug-likeness (QED) is 0.623. The van der Waals surface area contributed by atoms with Gasteiger partial charge >= 0.3 is 0 Å². The monoisotopic (exact) mass is 179 g/mol. The fourth-order valence-corrected chi connectivity index (χ4v) is 1.15. The Morgan fingerprint density at radius 3 is 2.69 bits per heavy atom. The first kappa shape index (κ1) is 7.90. The molecule has 0 N–H and O–H groups in total. The van der Waals surface area contributed by atoms with Gasteiger partial charge in [-0.15, -0.1) is 15.3 Å². The summed E-state index contributed by atoms with van der Waals surface area (Å²) >= 11 is 0. The third-order valence-corrected chi connectivity index (χ3v) is 1.68. The van der Waals surface area contributed by atoms with E-state index in [9.17, 15) is 0 Å². The summed E-state index contributed by atoms with van der Waals surface area (Å²) in [6.45, 7) is 3.60. The van der Waals surface area contributed by atoms with Gasteiger partial charge in [-0.25, -0.2) is 0 Å². The molecule has 0 amide bonds. The number of hydrogen-bond acceptors (Lipinski definition) is 5. The van der Waals surface area contributed by atoms with E-state index < -0.39 is 0 Å². The Balaban J connectivity index is 2.82. The van der Waals surface area contributed by atoms with Crippen molar-refractivity contribution in [2.45, 2.75) is 13.8 Å². The van der Waals surface area contributed by atoms with E-state index in [2.05, 4.69) is 20.3 Å².